The quantitative estimate of drug-likeness (QED) is 0.121. The molecule has 2 aliphatic heterocycles. The fraction of sp³-hybridized carbons (Fsp3) is 0.213. The Kier molecular flexibility index (Phi) is 10.5. The normalized spacial score (nSPS) is 13.6. The number of rotatable bonds is 6. The van der Waals surface area contributed by atoms with Gasteiger partial charge in [0.25, 0.3) is 6.71 Å². The van der Waals surface area contributed by atoms with Gasteiger partial charge in [-0.25, -0.2) is 4.39 Å². The molecule has 2 nitrogen and oxygen atoms in total. The van der Waals surface area contributed by atoms with Crippen LogP contribution in [0.15, 0.2) is 182 Å². The van der Waals surface area contributed by atoms with Crippen molar-refractivity contribution >= 4 is 86.0 Å². The maximum atomic E-state index is 18.2. The summed E-state index contributed by atoms with van der Waals surface area (Å²) >= 11 is 0. The van der Waals surface area contributed by atoms with Crippen LogP contribution in [0.4, 0.5) is 38.5 Å². The third-order valence-electron chi connectivity index (χ3n) is 14.2. The third-order valence-corrected chi connectivity index (χ3v) is 19.0. The lowest BCUT2D eigenvalue weighted by Crippen LogP contribution is -2.74. The van der Waals surface area contributed by atoms with E-state index in [0.717, 1.165) is 33.5 Å². The standard InChI is InChI=1S/C61H60BFN2Si/c1-41-36-56-58-57(37-41)65(55-35-32-49(40-52(55)63)66(46-20-14-11-15-21-46,47-22-16-12-17-23-47)48-24-18-13-19-25-48)54-34-29-44(61(8,9)10)39-51(54)62(58)50-38-43(60(5,6)7)28-33-53(50)64(56)45-30-26-42(27-31-45)59(2,3)4/h11-40H,1-10H3. The first-order valence-electron chi connectivity index (χ1n) is 23.6. The molecule has 2 aliphatic rings. The van der Waals surface area contributed by atoms with Gasteiger partial charge in [0.2, 0.25) is 0 Å². The molecule has 0 saturated carbocycles. The highest BCUT2D eigenvalue weighted by atomic mass is 28.3. The Balaban J connectivity index is 1.25. The second kappa shape index (κ2) is 15.9. The van der Waals surface area contributed by atoms with Gasteiger partial charge in [0, 0.05) is 28.4 Å². The molecule has 0 atom stereocenters. The monoisotopic (exact) mass is 878 g/mol. The first-order chi connectivity index (χ1) is 31.5. The van der Waals surface area contributed by atoms with Crippen LogP contribution in [-0.2, 0) is 16.2 Å². The molecular weight excluding hydrogens is 819 g/mol. The summed E-state index contributed by atoms with van der Waals surface area (Å²) in [7, 11) is -2.99. The van der Waals surface area contributed by atoms with Gasteiger partial charge in [-0.1, -0.05) is 196 Å². The molecule has 328 valence electrons. The lowest BCUT2D eigenvalue weighted by atomic mass is 9.33. The van der Waals surface area contributed by atoms with Crippen molar-refractivity contribution in [3.63, 3.8) is 0 Å². The first kappa shape index (κ1) is 43.5. The average Bonchev–Trinajstić information content (AvgIpc) is 3.29. The minimum atomic E-state index is -2.99. The van der Waals surface area contributed by atoms with Crippen LogP contribution < -0.4 is 46.9 Å². The smallest absolute Gasteiger partial charge is 0.252 e. The number of aryl methyl sites for hydroxylation is 1. The fourth-order valence-electron chi connectivity index (χ4n) is 10.7. The average molecular weight is 879 g/mol. The SMILES string of the molecule is Cc1cc2c3c(c1)N(c1ccc([Si](c4ccccc4)(c4ccccc4)c4ccccc4)cc1F)c1ccc(C(C)(C)C)cc1B3c1cc(C(C)(C)C)ccc1N2c1ccc(C(C)(C)C)cc1. The molecule has 0 fully saturated rings. The Morgan fingerprint density at radius 3 is 1.24 bits per heavy atom. The number of hydrogen-bond acceptors (Lipinski definition) is 2. The van der Waals surface area contributed by atoms with E-state index in [2.05, 4.69) is 255 Å². The first-order valence-corrected chi connectivity index (χ1v) is 25.6. The molecule has 0 spiro atoms. The molecule has 0 saturated heterocycles. The zero-order chi connectivity index (χ0) is 46.3. The number of fused-ring (bicyclic) bond motifs is 4. The molecule has 0 bridgehead atoms. The molecule has 5 heteroatoms. The van der Waals surface area contributed by atoms with Crippen molar-refractivity contribution in [3.8, 4) is 0 Å². The van der Waals surface area contributed by atoms with Crippen LogP contribution in [0.2, 0.25) is 0 Å². The number of nitrogens with zero attached hydrogens (tertiary/aromatic N) is 2. The summed E-state index contributed by atoms with van der Waals surface area (Å²) in [5, 5.41) is 4.65. The van der Waals surface area contributed by atoms with Crippen molar-refractivity contribution in [1.82, 2.24) is 0 Å². The van der Waals surface area contributed by atoms with Gasteiger partial charge < -0.3 is 9.80 Å². The molecule has 0 radical (unpaired) electrons. The molecule has 0 aromatic heterocycles. The van der Waals surface area contributed by atoms with Crippen LogP contribution in [0.3, 0.4) is 0 Å². The van der Waals surface area contributed by atoms with Crippen molar-refractivity contribution < 1.29 is 4.39 Å². The Labute approximate surface area is 393 Å². The van der Waals surface area contributed by atoms with E-state index in [9.17, 15) is 0 Å². The Bertz CT molecular complexity index is 3010. The Morgan fingerprint density at radius 1 is 0.394 bits per heavy atom. The van der Waals surface area contributed by atoms with E-state index in [4.69, 9.17) is 0 Å². The van der Waals surface area contributed by atoms with Gasteiger partial charge >= 0.3 is 0 Å². The van der Waals surface area contributed by atoms with Crippen molar-refractivity contribution in [2.75, 3.05) is 9.80 Å². The van der Waals surface area contributed by atoms with Crippen LogP contribution >= 0.6 is 0 Å². The zero-order valence-electron chi connectivity index (χ0n) is 40.2. The van der Waals surface area contributed by atoms with Gasteiger partial charge in [0.15, 0.2) is 8.07 Å². The van der Waals surface area contributed by atoms with Crippen LogP contribution in [0.5, 0.6) is 0 Å². The number of benzene rings is 8. The van der Waals surface area contributed by atoms with E-state index in [1.165, 1.54) is 54.3 Å². The maximum Gasteiger partial charge on any atom is 0.252 e. The molecule has 0 N–H and O–H groups in total. The van der Waals surface area contributed by atoms with E-state index in [-0.39, 0.29) is 28.8 Å². The number of anilines is 6. The molecule has 0 unspecified atom stereocenters. The topological polar surface area (TPSA) is 6.48 Å². The molecule has 0 aliphatic carbocycles. The summed E-state index contributed by atoms with van der Waals surface area (Å²) in [4.78, 5) is 4.70. The lowest BCUT2D eigenvalue weighted by Gasteiger charge is -2.45. The van der Waals surface area contributed by atoms with E-state index in [1.54, 1.807) is 0 Å². The summed E-state index contributed by atoms with van der Waals surface area (Å²) in [5.41, 5.74) is 14.5. The van der Waals surface area contributed by atoms with Crippen LogP contribution in [0.25, 0.3) is 0 Å². The Hall–Kier alpha value is -6.43. The van der Waals surface area contributed by atoms with Crippen LogP contribution in [0, 0.1) is 12.7 Å². The van der Waals surface area contributed by atoms with Crippen molar-refractivity contribution in [2.24, 2.45) is 0 Å². The van der Waals surface area contributed by atoms with Gasteiger partial charge in [-0.15, -0.1) is 0 Å². The number of halogens is 1. The predicted molar refractivity (Wildman–Crippen MR) is 285 cm³/mol. The van der Waals surface area contributed by atoms with E-state index < -0.39 is 8.07 Å². The van der Waals surface area contributed by atoms with Gasteiger partial charge in [-0.2, -0.15) is 0 Å². The summed E-state index contributed by atoms with van der Waals surface area (Å²) in [6, 6.07) is 66.3. The highest BCUT2D eigenvalue weighted by molar-refractivity contribution is 7.19. The van der Waals surface area contributed by atoms with Crippen molar-refractivity contribution in [1.29, 1.82) is 0 Å². The lowest BCUT2D eigenvalue weighted by molar-refractivity contribution is 0.590. The second-order valence-electron chi connectivity index (χ2n) is 21.7. The highest BCUT2D eigenvalue weighted by Gasteiger charge is 2.46. The molecule has 10 rings (SSSR count). The maximum absolute atomic E-state index is 18.2. The predicted octanol–water partition coefficient (Wildman–Crippen LogP) is 11.5. The molecule has 0 amide bonds. The van der Waals surface area contributed by atoms with E-state index >= 15 is 4.39 Å². The summed E-state index contributed by atoms with van der Waals surface area (Å²) < 4.78 is 18.2. The summed E-state index contributed by atoms with van der Waals surface area (Å²) in [6.45, 7) is 22.7. The molecule has 2 heterocycles. The van der Waals surface area contributed by atoms with E-state index in [0.29, 0.717) is 5.69 Å². The minimum absolute atomic E-state index is 0.0214. The molecule has 8 aromatic carbocycles. The molecule has 66 heavy (non-hydrogen) atoms. The van der Waals surface area contributed by atoms with Crippen molar-refractivity contribution in [2.45, 2.75) is 85.5 Å². The zero-order valence-corrected chi connectivity index (χ0v) is 41.2. The summed E-state index contributed by atoms with van der Waals surface area (Å²) in [6.07, 6.45) is 0. The van der Waals surface area contributed by atoms with Gasteiger partial charge in [0.05, 0.1) is 5.69 Å². The molecule has 8 aromatic rings. The summed E-state index contributed by atoms with van der Waals surface area (Å²) in [5.74, 6) is -0.243. The number of hydrogen-bond donors (Lipinski definition) is 0. The fourth-order valence-corrected chi connectivity index (χ4v) is 15.5. The minimum Gasteiger partial charge on any atom is -0.311 e. The third kappa shape index (κ3) is 7.15. The van der Waals surface area contributed by atoms with Gasteiger partial charge in [-0.3, -0.25) is 0 Å². The van der Waals surface area contributed by atoms with Crippen LogP contribution in [0.1, 0.15) is 84.6 Å². The molecular formula is C61H60BFN2Si. The highest BCUT2D eigenvalue weighted by Crippen LogP contribution is 2.46. The second-order valence-corrected chi connectivity index (χ2v) is 25.5. The van der Waals surface area contributed by atoms with Gasteiger partial charge in [0.1, 0.15) is 5.82 Å². The Morgan fingerprint density at radius 2 is 0.803 bits per heavy atom. The van der Waals surface area contributed by atoms with Crippen LogP contribution in [-0.4, -0.2) is 14.8 Å². The largest absolute Gasteiger partial charge is 0.311 e. The van der Waals surface area contributed by atoms with Gasteiger partial charge in [-0.05, 0) is 131 Å². The van der Waals surface area contributed by atoms with Crippen molar-refractivity contribution in [3.05, 3.63) is 210 Å². The van der Waals surface area contributed by atoms with E-state index in [1.807, 2.05) is 6.07 Å².